The highest BCUT2D eigenvalue weighted by molar-refractivity contribution is 7.59. The molecule has 13 heavy (non-hydrogen) atoms. The van der Waals surface area contributed by atoms with Crippen molar-refractivity contribution in [1.29, 1.82) is 0 Å². The highest BCUT2D eigenvalue weighted by atomic mass is 31.2. The van der Waals surface area contributed by atoms with Gasteiger partial charge in [0.05, 0.1) is 19.8 Å². The van der Waals surface area contributed by atoms with Crippen LogP contribution in [0.2, 0.25) is 0 Å². The average Bonchev–Trinajstić information content (AvgIpc) is 2.04. The Bertz CT molecular complexity index is 92.5. The van der Waals surface area contributed by atoms with Gasteiger partial charge >= 0.3 is 7.94 Å². The molecule has 4 N–H and O–H groups in total. The van der Waals surface area contributed by atoms with E-state index >= 15 is 0 Å². The lowest BCUT2D eigenvalue weighted by atomic mass is 10.8. The van der Waals surface area contributed by atoms with Gasteiger partial charge in [-0.2, -0.15) is 13.9 Å². The molecule has 6 heteroatoms. The molecular formula is C7H21NO4P+. The highest BCUT2D eigenvalue weighted by Crippen LogP contribution is 2.52. The zero-order chi connectivity index (χ0) is 10.7. The molecule has 0 aromatic rings. The molecular weight excluding hydrogens is 193 g/mol. The van der Waals surface area contributed by atoms with Crippen LogP contribution >= 0.6 is 7.94 Å². The molecule has 0 aromatic heterocycles. The molecule has 0 saturated carbocycles. The Labute approximate surface area is 80.4 Å². The van der Waals surface area contributed by atoms with Crippen molar-refractivity contribution >= 4 is 7.94 Å². The van der Waals surface area contributed by atoms with Gasteiger partial charge in [0.1, 0.15) is 6.66 Å². The third kappa shape index (κ3) is 15.0. The number of rotatable bonds is 5. The number of hydrogen-bond acceptors (Lipinski definition) is 5. The molecule has 0 spiro atoms. The van der Waals surface area contributed by atoms with Gasteiger partial charge in [0.2, 0.25) is 0 Å². The number of aliphatic hydroxyl groups excluding tert-OH is 1. The van der Waals surface area contributed by atoms with Gasteiger partial charge in [-0.05, 0) is 13.8 Å². The molecule has 0 bridgehead atoms. The summed E-state index contributed by atoms with van der Waals surface area (Å²) < 4.78 is 9.83. The second kappa shape index (κ2) is 10.3. The fourth-order valence-corrected chi connectivity index (χ4v) is 1.55. The maximum Gasteiger partial charge on any atom is 0.405 e. The minimum atomic E-state index is -2.44. The predicted molar refractivity (Wildman–Crippen MR) is 54.5 cm³/mol. The van der Waals surface area contributed by atoms with Crippen LogP contribution in [0, 0.1) is 0 Å². The number of aliphatic hydroxyl groups is 1. The van der Waals surface area contributed by atoms with Crippen molar-refractivity contribution < 1.29 is 19.0 Å². The Balaban J connectivity index is 0. The molecule has 0 heterocycles. The monoisotopic (exact) mass is 214 g/mol. The summed E-state index contributed by atoms with van der Waals surface area (Å²) in [6.45, 7) is 6.71. The van der Waals surface area contributed by atoms with Crippen molar-refractivity contribution in [1.82, 2.24) is 0 Å². The van der Waals surface area contributed by atoms with Crippen LogP contribution in [0.3, 0.4) is 0 Å². The van der Waals surface area contributed by atoms with Gasteiger partial charge in [0.15, 0.2) is 0 Å². The molecule has 0 aliphatic rings. The minimum Gasteiger partial charge on any atom is -0.395 e. The molecule has 0 unspecified atom stereocenters. The highest BCUT2D eigenvalue weighted by Gasteiger charge is 2.31. The van der Waals surface area contributed by atoms with Gasteiger partial charge in [0, 0.05) is 6.54 Å². The molecule has 0 aliphatic carbocycles. The molecule has 5 nitrogen and oxygen atoms in total. The van der Waals surface area contributed by atoms with Gasteiger partial charge < -0.3 is 10.8 Å². The molecule has 0 saturated heterocycles. The Morgan fingerprint density at radius 3 is 1.69 bits per heavy atom. The molecule has 0 amide bonds. The van der Waals surface area contributed by atoms with E-state index in [1.807, 2.05) is 13.8 Å². The lowest BCUT2D eigenvalue weighted by Gasteiger charge is -2.09. The predicted octanol–water partition coefficient (Wildman–Crippen LogP) is 0.381. The van der Waals surface area contributed by atoms with E-state index in [-0.39, 0.29) is 6.61 Å². The van der Waals surface area contributed by atoms with Crippen LogP contribution in [0.4, 0.5) is 0 Å². The van der Waals surface area contributed by atoms with Crippen LogP contribution in [0.1, 0.15) is 13.8 Å². The number of hydrogen-bond donors (Lipinski definition) is 3. The normalized spacial score (nSPS) is 10.6. The summed E-state index contributed by atoms with van der Waals surface area (Å²) in [5.74, 6) is 0. The van der Waals surface area contributed by atoms with Crippen LogP contribution in [0.15, 0.2) is 0 Å². The van der Waals surface area contributed by atoms with Crippen molar-refractivity contribution in [3.05, 3.63) is 0 Å². The third-order valence-electron chi connectivity index (χ3n) is 0.866. The first kappa shape index (κ1) is 15.7. The zero-order valence-electron chi connectivity index (χ0n) is 8.56. The van der Waals surface area contributed by atoms with Gasteiger partial charge in [-0.15, -0.1) is 0 Å². The van der Waals surface area contributed by atoms with E-state index < -0.39 is 7.94 Å². The van der Waals surface area contributed by atoms with Gasteiger partial charge in [-0.1, -0.05) is 0 Å². The average molecular weight is 214 g/mol. The summed E-state index contributed by atoms with van der Waals surface area (Å²) in [7, 11) is -2.44. The fraction of sp³-hybridized carbons (Fsp3) is 1.00. The summed E-state index contributed by atoms with van der Waals surface area (Å²) >= 11 is 0. The van der Waals surface area contributed by atoms with E-state index in [0.29, 0.717) is 19.8 Å². The van der Waals surface area contributed by atoms with Crippen LogP contribution in [-0.2, 0) is 9.05 Å². The van der Waals surface area contributed by atoms with E-state index in [0.717, 1.165) is 0 Å². The maximum atomic E-state index is 9.18. The van der Waals surface area contributed by atoms with Crippen molar-refractivity contribution in [3.8, 4) is 0 Å². The molecule has 0 atom stereocenters. The first-order valence-corrected chi connectivity index (χ1v) is 6.25. The van der Waals surface area contributed by atoms with E-state index in [2.05, 4.69) is 0 Å². The van der Waals surface area contributed by atoms with Crippen molar-refractivity contribution in [2.75, 3.05) is 33.0 Å². The standard InChI is InChI=1S/C5H14O3P.C2H7NO/c1-4-7-9(3,6)8-5-2;3-1-2-4/h6H,4-5H2,1-3H3;4H,1-3H2/q+1;. The largest absolute Gasteiger partial charge is 0.405 e. The van der Waals surface area contributed by atoms with Crippen LogP contribution in [0.5, 0.6) is 0 Å². The van der Waals surface area contributed by atoms with Crippen LogP contribution in [0.25, 0.3) is 0 Å². The van der Waals surface area contributed by atoms with Crippen molar-refractivity contribution in [2.45, 2.75) is 13.8 Å². The Morgan fingerprint density at radius 1 is 1.23 bits per heavy atom. The second-order valence-electron chi connectivity index (χ2n) is 2.15. The van der Waals surface area contributed by atoms with Crippen LogP contribution < -0.4 is 5.73 Å². The Hall–Kier alpha value is 0.230. The Morgan fingerprint density at radius 2 is 1.54 bits per heavy atom. The first-order valence-electron chi connectivity index (χ1n) is 4.23. The quantitative estimate of drug-likeness (QED) is 0.576. The molecule has 0 radical (unpaired) electrons. The van der Waals surface area contributed by atoms with Gasteiger partial charge in [-0.3, -0.25) is 0 Å². The summed E-state index contributed by atoms with van der Waals surface area (Å²) in [5, 5.41) is 7.75. The zero-order valence-corrected chi connectivity index (χ0v) is 9.46. The third-order valence-corrected chi connectivity index (χ3v) is 2.34. The molecule has 82 valence electrons. The van der Waals surface area contributed by atoms with E-state index in [1.165, 1.54) is 0 Å². The summed E-state index contributed by atoms with van der Waals surface area (Å²) in [4.78, 5) is 9.18. The smallest absolute Gasteiger partial charge is 0.395 e. The van der Waals surface area contributed by atoms with Crippen molar-refractivity contribution in [3.63, 3.8) is 0 Å². The van der Waals surface area contributed by atoms with Gasteiger partial charge in [0.25, 0.3) is 0 Å². The molecule has 0 fully saturated rings. The van der Waals surface area contributed by atoms with Crippen LogP contribution in [-0.4, -0.2) is 43.0 Å². The maximum absolute atomic E-state index is 9.18. The first-order chi connectivity index (χ1) is 6.04. The fourth-order valence-electron chi connectivity index (χ4n) is 0.516. The summed E-state index contributed by atoms with van der Waals surface area (Å²) in [6.07, 6.45) is 0. The van der Waals surface area contributed by atoms with E-state index in [9.17, 15) is 4.89 Å². The molecule has 0 aromatic carbocycles. The summed E-state index contributed by atoms with van der Waals surface area (Å²) in [6, 6.07) is 0. The summed E-state index contributed by atoms with van der Waals surface area (Å²) in [5.41, 5.74) is 4.78. The lowest BCUT2D eigenvalue weighted by molar-refractivity contribution is 0.195. The van der Waals surface area contributed by atoms with E-state index in [1.54, 1.807) is 6.66 Å². The van der Waals surface area contributed by atoms with E-state index in [4.69, 9.17) is 19.9 Å². The molecule has 0 rings (SSSR count). The SMILES string of the molecule is CCO[P+](C)(O)OCC.NCCO. The number of nitrogens with two attached hydrogens (primary N) is 1. The van der Waals surface area contributed by atoms with Gasteiger partial charge in [-0.25, -0.2) is 0 Å². The molecule has 0 aliphatic heterocycles. The minimum absolute atomic E-state index is 0.0972. The lowest BCUT2D eigenvalue weighted by Crippen LogP contribution is -2.02. The van der Waals surface area contributed by atoms with Crippen molar-refractivity contribution in [2.24, 2.45) is 5.73 Å². The topological polar surface area (TPSA) is 84.9 Å². The Kier molecular flexibility index (Phi) is 12.4. The second-order valence-corrected chi connectivity index (χ2v) is 4.27.